The van der Waals surface area contributed by atoms with E-state index >= 15 is 0 Å². The number of aryl methyl sites for hydroxylation is 1. The molecule has 90 valence electrons. The van der Waals surface area contributed by atoms with E-state index in [1.807, 2.05) is 13.0 Å². The molecule has 4 nitrogen and oxygen atoms in total. The first kappa shape index (κ1) is 11.0. The number of nitrogens with zero attached hydrogens (tertiary/aromatic N) is 2. The first-order chi connectivity index (χ1) is 8.58. The van der Waals surface area contributed by atoms with E-state index in [1.54, 1.807) is 30.3 Å². The van der Waals surface area contributed by atoms with Crippen LogP contribution in [0.4, 0.5) is 0 Å². The van der Waals surface area contributed by atoms with Gasteiger partial charge in [0, 0.05) is 22.1 Å². The zero-order valence-electron chi connectivity index (χ0n) is 9.59. The average Bonchev–Trinajstić information content (AvgIpc) is 2.35. The molecule has 5 heteroatoms. The zero-order valence-corrected chi connectivity index (χ0v) is 10.3. The van der Waals surface area contributed by atoms with Crippen LogP contribution in [-0.2, 0) is 0 Å². The van der Waals surface area contributed by atoms with E-state index in [0.717, 1.165) is 14.7 Å². The predicted octanol–water partition coefficient (Wildman–Crippen LogP) is 2.91. The van der Waals surface area contributed by atoms with Crippen LogP contribution in [-0.4, -0.2) is 9.94 Å². The molecule has 3 aromatic rings. The van der Waals surface area contributed by atoms with E-state index in [2.05, 4.69) is 0 Å². The summed E-state index contributed by atoms with van der Waals surface area (Å²) in [6, 6.07) is 10.1. The number of hydrogen-bond donors (Lipinski definition) is 1. The highest BCUT2D eigenvalue weighted by atomic mass is 35.5. The highest BCUT2D eigenvalue weighted by molar-refractivity contribution is 6.31. The second-order valence-corrected chi connectivity index (χ2v) is 4.67. The molecule has 18 heavy (non-hydrogen) atoms. The molecule has 0 aliphatic carbocycles. The van der Waals surface area contributed by atoms with Crippen molar-refractivity contribution in [3.05, 3.63) is 51.9 Å². The van der Waals surface area contributed by atoms with E-state index < -0.39 is 0 Å². The summed E-state index contributed by atoms with van der Waals surface area (Å²) in [4.78, 5) is 12.2. The van der Waals surface area contributed by atoms with Gasteiger partial charge in [-0.3, -0.25) is 0 Å². The lowest BCUT2D eigenvalue weighted by molar-refractivity contribution is -0.433. The van der Waals surface area contributed by atoms with Gasteiger partial charge in [0.1, 0.15) is 0 Å². The molecule has 0 amide bonds. The lowest BCUT2D eigenvalue weighted by Crippen LogP contribution is -2.20. The van der Waals surface area contributed by atoms with E-state index in [4.69, 9.17) is 11.6 Å². The molecule has 0 fully saturated rings. The van der Waals surface area contributed by atoms with Crippen LogP contribution in [0.25, 0.3) is 22.1 Å². The third-order valence-corrected chi connectivity index (χ3v) is 3.20. The molecule has 0 saturated heterocycles. The second-order valence-electron chi connectivity index (χ2n) is 4.23. The summed E-state index contributed by atoms with van der Waals surface area (Å²) in [6.45, 7) is 1.90. The smallest absolute Gasteiger partial charge is 0.290 e. The fourth-order valence-corrected chi connectivity index (χ4v) is 2.24. The van der Waals surface area contributed by atoms with Gasteiger partial charge in [0.05, 0.1) is 4.43 Å². The Morgan fingerprint density at radius 2 is 1.72 bits per heavy atom. The maximum absolute atomic E-state index is 12.2. The van der Waals surface area contributed by atoms with Crippen molar-refractivity contribution < 1.29 is 9.63 Å². The molecule has 0 spiro atoms. The summed E-state index contributed by atoms with van der Waals surface area (Å²) in [5.74, 6) is 0. The Labute approximate surface area is 107 Å². The van der Waals surface area contributed by atoms with Crippen molar-refractivity contribution in [1.82, 2.24) is 4.73 Å². The SMILES string of the molecule is Cc1ccc2c(c1)n(O)c1cc(Cl)ccc1[n+]2=O. The van der Waals surface area contributed by atoms with Crippen LogP contribution >= 0.6 is 11.6 Å². The van der Waals surface area contributed by atoms with Crippen LogP contribution in [0, 0.1) is 11.8 Å². The van der Waals surface area contributed by atoms with Crippen LogP contribution in [0.15, 0.2) is 36.4 Å². The van der Waals surface area contributed by atoms with Crippen molar-refractivity contribution in [1.29, 1.82) is 0 Å². The number of halogens is 1. The van der Waals surface area contributed by atoms with Crippen LogP contribution in [0.3, 0.4) is 0 Å². The second kappa shape index (κ2) is 3.71. The van der Waals surface area contributed by atoms with Gasteiger partial charge in [0.25, 0.3) is 11.0 Å². The number of fused-ring (bicyclic) bond motifs is 2. The largest absolute Gasteiger partial charge is 0.427 e. The number of aromatic nitrogens is 2. The van der Waals surface area contributed by atoms with Crippen LogP contribution in [0.2, 0.25) is 5.02 Å². The molecule has 0 saturated carbocycles. The molecule has 1 heterocycles. The van der Waals surface area contributed by atoms with Crippen LogP contribution < -0.4 is 4.43 Å². The van der Waals surface area contributed by atoms with Crippen molar-refractivity contribution in [2.24, 2.45) is 0 Å². The van der Waals surface area contributed by atoms with Gasteiger partial charge in [-0.2, -0.15) is 4.73 Å². The Morgan fingerprint density at radius 3 is 2.44 bits per heavy atom. The van der Waals surface area contributed by atoms with E-state index in [9.17, 15) is 10.1 Å². The highest BCUT2D eigenvalue weighted by Gasteiger charge is 2.18. The number of rotatable bonds is 0. The summed E-state index contributed by atoms with van der Waals surface area (Å²) in [7, 11) is 0. The van der Waals surface area contributed by atoms with Crippen molar-refractivity contribution in [3.63, 3.8) is 0 Å². The Hall–Kier alpha value is -2.07. The Morgan fingerprint density at radius 1 is 1.11 bits per heavy atom. The number of hydrogen-bond acceptors (Lipinski definition) is 2. The lowest BCUT2D eigenvalue weighted by atomic mass is 10.2. The summed E-state index contributed by atoms with van der Waals surface area (Å²) >= 11 is 5.89. The van der Waals surface area contributed by atoms with Gasteiger partial charge in [-0.15, -0.1) is 0 Å². The van der Waals surface area contributed by atoms with Gasteiger partial charge in [-0.25, -0.2) is 0 Å². The lowest BCUT2D eigenvalue weighted by Gasteiger charge is -2.03. The normalized spacial score (nSPS) is 11.2. The maximum Gasteiger partial charge on any atom is 0.290 e. The predicted molar refractivity (Wildman–Crippen MR) is 69.7 cm³/mol. The fraction of sp³-hybridized carbons (Fsp3) is 0.0769. The Balaban J connectivity index is 2.65. The molecular weight excluding hydrogens is 252 g/mol. The minimum Gasteiger partial charge on any atom is -0.427 e. The van der Waals surface area contributed by atoms with E-state index in [0.29, 0.717) is 27.1 Å². The molecule has 0 radical (unpaired) electrons. The van der Waals surface area contributed by atoms with Crippen LogP contribution in [0.5, 0.6) is 0 Å². The standard InChI is InChI=1S/C13H10ClN2O2/c1-8-2-4-10-12(6-8)16(18)13-7-9(14)3-5-11(13)15(10)17/h2-7,18H,1H3/q+1. The molecule has 3 rings (SSSR count). The van der Waals surface area contributed by atoms with Gasteiger partial charge < -0.3 is 5.21 Å². The van der Waals surface area contributed by atoms with Crippen molar-refractivity contribution >= 4 is 33.7 Å². The van der Waals surface area contributed by atoms with Gasteiger partial charge in [0.2, 0.25) is 0 Å². The fourth-order valence-electron chi connectivity index (χ4n) is 2.07. The first-order valence-corrected chi connectivity index (χ1v) is 5.82. The average molecular weight is 262 g/mol. The highest BCUT2D eigenvalue weighted by Crippen LogP contribution is 2.20. The van der Waals surface area contributed by atoms with Gasteiger partial charge >= 0.3 is 0 Å². The third-order valence-electron chi connectivity index (χ3n) is 2.96. The molecule has 0 aliphatic rings. The zero-order chi connectivity index (χ0) is 12.9. The van der Waals surface area contributed by atoms with Crippen molar-refractivity contribution in [2.75, 3.05) is 0 Å². The molecule has 0 unspecified atom stereocenters. The topological polar surface area (TPSA) is 48.1 Å². The number of benzene rings is 2. The Bertz CT molecular complexity index is 774. The summed E-state index contributed by atoms with van der Waals surface area (Å²) in [6.07, 6.45) is 0. The quantitative estimate of drug-likeness (QED) is 0.384. The molecule has 2 aromatic carbocycles. The summed E-state index contributed by atoms with van der Waals surface area (Å²) in [5.41, 5.74) is 2.60. The van der Waals surface area contributed by atoms with E-state index in [1.165, 1.54) is 0 Å². The molecule has 1 N–H and O–H groups in total. The minimum atomic E-state index is 0.373. The summed E-state index contributed by atoms with van der Waals surface area (Å²) < 4.78 is 1.80. The van der Waals surface area contributed by atoms with Gasteiger partial charge in [0.15, 0.2) is 11.0 Å². The summed E-state index contributed by atoms with van der Waals surface area (Å²) in [5, 5.41) is 10.7. The minimum absolute atomic E-state index is 0.373. The van der Waals surface area contributed by atoms with E-state index in [-0.39, 0.29) is 0 Å². The van der Waals surface area contributed by atoms with Gasteiger partial charge in [-0.1, -0.05) is 17.7 Å². The van der Waals surface area contributed by atoms with Crippen LogP contribution in [0.1, 0.15) is 5.56 Å². The van der Waals surface area contributed by atoms with Crippen molar-refractivity contribution in [3.8, 4) is 0 Å². The molecule has 0 bridgehead atoms. The van der Waals surface area contributed by atoms with Gasteiger partial charge in [-0.05, 0) is 30.7 Å². The maximum atomic E-state index is 12.2. The molecule has 1 aromatic heterocycles. The third kappa shape index (κ3) is 1.46. The molecule has 0 aliphatic heterocycles. The molecule has 0 atom stereocenters. The van der Waals surface area contributed by atoms with Crippen molar-refractivity contribution in [2.45, 2.75) is 6.92 Å². The first-order valence-electron chi connectivity index (χ1n) is 5.44. The monoisotopic (exact) mass is 261 g/mol. The molecular formula is C13H10ClN2O2+. The Kier molecular flexibility index (Phi) is 2.28.